The standard InChI is InChI=1S/C21H33N3OS/c1-16-4-6-17(7-5-16)20(23(2)3)21(25)22-18-8-12-24(13-9-18)19-10-14-26-15-11-19/h4-7,18-20H,8-15H2,1-3H3,(H,22,25). The zero-order valence-electron chi connectivity index (χ0n) is 16.4. The average molecular weight is 376 g/mol. The lowest BCUT2D eigenvalue weighted by molar-refractivity contribution is -0.126. The van der Waals surface area contributed by atoms with Crippen LogP contribution < -0.4 is 5.32 Å². The molecule has 1 atom stereocenters. The molecule has 0 saturated carbocycles. The Morgan fingerprint density at radius 3 is 2.31 bits per heavy atom. The van der Waals surface area contributed by atoms with Crippen molar-refractivity contribution >= 4 is 17.7 Å². The largest absolute Gasteiger partial charge is 0.352 e. The number of hydrogen-bond acceptors (Lipinski definition) is 4. The van der Waals surface area contributed by atoms with Crippen LogP contribution in [0.2, 0.25) is 0 Å². The van der Waals surface area contributed by atoms with E-state index in [1.54, 1.807) is 0 Å². The number of nitrogens with zero attached hydrogens (tertiary/aromatic N) is 2. The summed E-state index contributed by atoms with van der Waals surface area (Å²) in [6.07, 6.45) is 4.81. The van der Waals surface area contributed by atoms with Crippen LogP contribution in [-0.4, -0.2) is 66.5 Å². The monoisotopic (exact) mass is 375 g/mol. The van der Waals surface area contributed by atoms with Gasteiger partial charge in [-0.1, -0.05) is 29.8 Å². The number of rotatable bonds is 5. The number of thioether (sulfide) groups is 1. The fraction of sp³-hybridized carbons (Fsp3) is 0.667. The zero-order chi connectivity index (χ0) is 18.5. The molecule has 4 nitrogen and oxygen atoms in total. The summed E-state index contributed by atoms with van der Waals surface area (Å²) in [5, 5.41) is 3.33. The van der Waals surface area contributed by atoms with Gasteiger partial charge in [0.15, 0.2) is 0 Å². The minimum Gasteiger partial charge on any atom is -0.352 e. The highest BCUT2D eigenvalue weighted by Crippen LogP contribution is 2.25. The molecular formula is C21H33N3OS. The van der Waals surface area contributed by atoms with E-state index in [9.17, 15) is 4.79 Å². The molecule has 1 unspecified atom stereocenters. The minimum atomic E-state index is -0.219. The van der Waals surface area contributed by atoms with Crippen LogP contribution in [0.1, 0.15) is 42.9 Å². The highest BCUT2D eigenvalue weighted by Gasteiger charge is 2.29. The van der Waals surface area contributed by atoms with E-state index in [0.717, 1.165) is 37.5 Å². The first-order valence-corrected chi connectivity index (χ1v) is 11.0. The Morgan fingerprint density at radius 1 is 1.12 bits per heavy atom. The van der Waals surface area contributed by atoms with Crippen LogP contribution in [0.3, 0.4) is 0 Å². The first kappa shape index (κ1) is 19.7. The van der Waals surface area contributed by atoms with E-state index < -0.39 is 0 Å². The molecule has 0 bridgehead atoms. The van der Waals surface area contributed by atoms with Gasteiger partial charge in [-0.15, -0.1) is 0 Å². The number of likely N-dealkylation sites (tertiary alicyclic amines) is 1. The molecule has 2 fully saturated rings. The van der Waals surface area contributed by atoms with Crippen molar-refractivity contribution in [3.8, 4) is 0 Å². The Labute approximate surface area is 162 Å². The predicted molar refractivity (Wildman–Crippen MR) is 111 cm³/mol. The normalized spacial score (nSPS) is 21.7. The second-order valence-corrected chi connectivity index (χ2v) is 9.16. The molecule has 0 radical (unpaired) electrons. The van der Waals surface area contributed by atoms with Crippen molar-refractivity contribution in [2.24, 2.45) is 0 Å². The second-order valence-electron chi connectivity index (χ2n) is 7.94. The van der Waals surface area contributed by atoms with Crippen LogP contribution >= 0.6 is 11.8 Å². The molecule has 144 valence electrons. The van der Waals surface area contributed by atoms with E-state index in [1.165, 1.54) is 29.9 Å². The van der Waals surface area contributed by atoms with Gasteiger partial charge < -0.3 is 10.2 Å². The van der Waals surface area contributed by atoms with Gasteiger partial charge in [0, 0.05) is 25.2 Å². The van der Waals surface area contributed by atoms with E-state index in [-0.39, 0.29) is 11.9 Å². The van der Waals surface area contributed by atoms with Crippen molar-refractivity contribution in [3.05, 3.63) is 35.4 Å². The maximum atomic E-state index is 13.0. The predicted octanol–water partition coefficient (Wildman–Crippen LogP) is 3.07. The fourth-order valence-electron chi connectivity index (χ4n) is 4.17. The molecular weight excluding hydrogens is 342 g/mol. The van der Waals surface area contributed by atoms with Gasteiger partial charge in [0.2, 0.25) is 5.91 Å². The molecule has 1 aromatic carbocycles. The van der Waals surface area contributed by atoms with Crippen molar-refractivity contribution in [1.82, 2.24) is 15.1 Å². The zero-order valence-corrected chi connectivity index (χ0v) is 17.2. The SMILES string of the molecule is Cc1ccc(C(C(=O)NC2CCN(C3CCSCC3)CC2)N(C)C)cc1. The number of aryl methyl sites for hydroxylation is 1. The number of amides is 1. The third-order valence-corrected chi connectivity index (χ3v) is 6.79. The third kappa shape index (κ3) is 5.02. The summed E-state index contributed by atoms with van der Waals surface area (Å²) >= 11 is 2.09. The van der Waals surface area contributed by atoms with Crippen molar-refractivity contribution in [2.45, 2.75) is 50.7 Å². The molecule has 1 N–H and O–H groups in total. The summed E-state index contributed by atoms with van der Waals surface area (Å²) in [5.74, 6) is 2.75. The van der Waals surface area contributed by atoms with Crippen LogP contribution in [0.4, 0.5) is 0 Å². The summed E-state index contributed by atoms with van der Waals surface area (Å²) < 4.78 is 0. The van der Waals surface area contributed by atoms with Crippen LogP contribution in [-0.2, 0) is 4.79 Å². The Kier molecular flexibility index (Phi) is 7.01. The molecule has 0 aliphatic carbocycles. The molecule has 2 heterocycles. The summed E-state index contributed by atoms with van der Waals surface area (Å²) in [4.78, 5) is 17.6. The smallest absolute Gasteiger partial charge is 0.242 e. The number of carbonyl (C=O) groups is 1. The van der Waals surface area contributed by atoms with Crippen molar-refractivity contribution in [2.75, 3.05) is 38.7 Å². The summed E-state index contributed by atoms with van der Waals surface area (Å²) in [6, 6.07) is 9.18. The Balaban J connectivity index is 1.54. The average Bonchev–Trinajstić information content (AvgIpc) is 2.64. The van der Waals surface area contributed by atoms with E-state index in [2.05, 4.69) is 53.2 Å². The lowest BCUT2D eigenvalue weighted by Gasteiger charge is -2.39. The topological polar surface area (TPSA) is 35.6 Å². The molecule has 26 heavy (non-hydrogen) atoms. The van der Waals surface area contributed by atoms with Gasteiger partial charge in [0.05, 0.1) is 0 Å². The quantitative estimate of drug-likeness (QED) is 0.858. The molecule has 2 saturated heterocycles. The van der Waals surface area contributed by atoms with E-state index in [4.69, 9.17) is 0 Å². The highest BCUT2D eigenvalue weighted by atomic mass is 32.2. The Bertz CT molecular complexity index is 575. The lowest BCUT2D eigenvalue weighted by atomic mass is 9.99. The number of nitrogens with one attached hydrogen (secondary N) is 1. The van der Waals surface area contributed by atoms with Gasteiger partial charge in [-0.2, -0.15) is 11.8 Å². The van der Waals surface area contributed by atoms with Gasteiger partial charge in [-0.3, -0.25) is 9.69 Å². The van der Waals surface area contributed by atoms with Crippen molar-refractivity contribution in [1.29, 1.82) is 0 Å². The molecule has 3 rings (SSSR count). The maximum Gasteiger partial charge on any atom is 0.242 e. The number of carbonyl (C=O) groups excluding carboxylic acids is 1. The molecule has 2 aliphatic rings. The molecule has 0 spiro atoms. The number of piperidine rings is 1. The van der Waals surface area contributed by atoms with Crippen LogP contribution in [0.15, 0.2) is 24.3 Å². The van der Waals surface area contributed by atoms with Crippen LogP contribution in [0.5, 0.6) is 0 Å². The van der Waals surface area contributed by atoms with Crippen LogP contribution in [0, 0.1) is 6.92 Å². The van der Waals surface area contributed by atoms with Gasteiger partial charge in [0.25, 0.3) is 0 Å². The molecule has 1 aromatic rings. The first-order chi connectivity index (χ1) is 12.5. The minimum absolute atomic E-state index is 0.131. The van der Waals surface area contributed by atoms with Crippen LogP contribution in [0.25, 0.3) is 0 Å². The summed E-state index contributed by atoms with van der Waals surface area (Å²) in [7, 11) is 3.96. The maximum absolute atomic E-state index is 13.0. The molecule has 2 aliphatic heterocycles. The molecule has 1 amide bonds. The fourth-order valence-corrected chi connectivity index (χ4v) is 5.25. The highest BCUT2D eigenvalue weighted by molar-refractivity contribution is 7.99. The summed E-state index contributed by atoms with van der Waals surface area (Å²) in [6.45, 7) is 4.32. The Hall–Kier alpha value is -1.04. The van der Waals surface area contributed by atoms with Gasteiger partial charge in [0.1, 0.15) is 6.04 Å². The summed E-state index contributed by atoms with van der Waals surface area (Å²) in [5.41, 5.74) is 2.29. The van der Waals surface area contributed by atoms with E-state index in [1.807, 2.05) is 19.0 Å². The number of hydrogen-bond donors (Lipinski definition) is 1. The van der Waals surface area contributed by atoms with Crippen molar-refractivity contribution in [3.63, 3.8) is 0 Å². The van der Waals surface area contributed by atoms with Gasteiger partial charge >= 0.3 is 0 Å². The number of likely N-dealkylation sites (N-methyl/N-ethyl adjacent to an activating group) is 1. The molecule has 0 aromatic heterocycles. The van der Waals surface area contributed by atoms with Crippen molar-refractivity contribution < 1.29 is 4.79 Å². The van der Waals surface area contributed by atoms with E-state index in [0.29, 0.717) is 6.04 Å². The Morgan fingerprint density at radius 2 is 1.73 bits per heavy atom. The number of benzene rings is 1. The van der Waals surface area contributed by atoms with E-state index >= 15 is 0 Å². The second kappa shape index (κ2) is 9.25. The lowest BCUT2D eigenvalue weighted by Crippen LogP contribution is -2.50. The van der Waals surface area contributed by atoms with Gasteiger partial charge in [-0.05, 0) is 63.8 Å². The molecule has 5 heteroatoms. The first-order valence-electron chi connectivity index (χ1n) is 9.90. The van der Waals surface area contributed by atoms with Gasteiger partial charge in [-0.25, -0.2) is 0 Å². The third-order valence-electron chi connectivity index (χ3n) is 5.74.